The normalized spacial score (nSPS) is 14.0. The third-order valence-corrected chi connectivity index (χ3v) is 5.05. The van der Waals surface area contributed by atoms with Gasteiger partial charge in [-0.25, -0.2) is 9.18 Å². The van der Waals surface area contributed by atoms with Crippen molar-refractivity contribution in [2.75, 3.05) is 19.6 Å². The summed E-state index contributed by atoms with van der Waals surface area (Å²) in [5.74, 6) is -0.682. The zero-order valence-corrected chi connectivity index (χ0v) is 15.9. The van der Waals surface area contributed by atoms with Crippen molar-refractivity contribution in [3.05, 3.63) is 69.5 Å². The lowest BCUT2D eigenvalue weighted by atomic mass is 10.2. The second-order valence-corrected chi connectivity index (χ2v) is 7.04. The van der Waals surface area contributed by atoms with Gasteiger partial charge >= 0.3 is 6.03 Å². The molecular weight excluding hydrogens is 392 g/mol. The maximum absolute atomic E-state index is 13.1. The Morgan fingerprint density at radius 1 is 1.04 bits per heavy atom. The average molecular weight is 410 g/mol. The maximum Gasteiger partial charge on any atom is 0.320 e. The van der Waals surface area contributed by atoms with E-state index in [1.807, 2.05) is 18.2 Å². The molecule has 2 aromatic carbocycles. The minimum Gasteiger partial charge on any atom is -0.350 e. The number of carbonyl (C=O) groups is 2. The lowest BCUT2D eigenvalue weighted by Crippen LogP contribution is -2.39. The summed E-state index contributed by atoms with van der Waals surface area (Å²) < 4.78 is 13.1. The molecule has 1 aliphatic rings. The van der Waals surface area contributed by atoms with Crippen LogP contribution in [0, 0.1) is 5.82 Å². The fraction of sp³-hybridized carbons (Fsp3) is 0.263. The molecule has 0 aliphatic carbocycles. The van der Waals surface area contributed by atoms with Gasteiger partial charge in [0.1, 0.15) is 12.4 Å². The number of carbonyl (C=O) groups excluding carboxylic acids is 2. The molecule has 5 nitrogen and oxygen atoms in total. The molecule has 1 fully saturated rings. The number of hydrogen-bond donors (Lipinski definition) is 1. The lowest BCUT2D eigenvalue weighted by Gasteiger charge is -2.19. The van der Waals surface area contributed by atoms with E-state index in [-0.39, 0.29) is 30.1 Å². The summed E-state index contributed by atoms with van der Waals surface area (Å²) in [5.41, 5.74) is 1.48. The monoisotopic (exact) mass is 409 g/mol. The van der Waals surface area contributed by atoms with Crippen LogP contribution in [0.2, 0.25) is 10.0 Å². The summed E-state index contributed by atoms with van der Waals surface area (Å²) in [6.45, 7) is 1.46. The number of amides is 3. The largest absolute Gasteiger partial charge is 0.350 e. The molecule has 1 N–H and O–H groups in total. The molecule has 3 rings (SSSR count). The number of urea groups is 1. The fourth-order valence-electron chi connectivity index (χ4n) is 2.85. The van der Waals surface area contributed by atoms with Gasteiger partial charge in [-0.15, -0.1) is 0 Å². The highest BCUT2D eigenvalue weighted by Gasteiger charge is 2.30. The highest BCUT2D eigenvalue weighted by molar-refractivity contribution is 6.31. The van der Waals surface area contributed by atoms with E-state index in [9.17, 15) is 14.0 Å². The summed E-state index contributed by atoms with van der Waals surface area (Å²) in [5, 5.41) is 3.63. The average Bonchev–Trinajstić information content (AvgIpc) is 2.97. The van der Waals surface area contributed by atoms with E-state index in [1.54, 1.807) is 17.0 Å². The molecule has 0 saturated carbocycles. The van der Waals surface area contributed by atoms with Crippen LogP contribution in [0.3, 0.4) is 0 Å². The number of rotatable bonds is 6. The SMILES string of the molecule is O=C(CN1CCN(Cc2ccc(F)cc2Cl)C1=O)NCc1ccccc1Cl. The minimum absolute atomic E-state index is 0.0308. The Kier molecular flexibility index (Phi) is 6.19. The van der Waals surface area contributed by atoms with Gasteiger partial charge in [-0.2, -0.15) is 0 Å². The Bertz CT molecular complexity index is 863. The molecule has 1 aliphatic heterocycles. The maximum atomic E-state index is 13.1. The van der Waals surface area contributed by atoms with Crippen LogP contribution in [-0.4, -0.2) is 41.4 Å². The molecule has 3 amide bonds. The van der Waals surface area contributed by atoms with Crippen LogP contribution in [0.5, 0.6) is 0 Å². The number of hydrogen-bond acceptors (Lipinski definition) is 2. The molecule has 0 unspecified atom stereocenters. The van der Waals surface area contributed by atoms with E-state index in [2.05, 4.69) is 5.32 Å². The molecule has 142 valence electrons. The highest BCUT2D eigenvalue weighted by atomic mass is 35.5. The molecule has 0 radical (unpaired) electrons. The first-order valence-electron chi connectivity index (χ1n) is 8.42. The molecule has 0 aromatic heterocycles. The zero-order valence-electron chi connectivity index (χ0n) is 14.4. The van der Waals surface area contributed by atoms with Crippen molar-refractivity contribution >= 4 is 35.1 Å². The van der Waals surface area contributed by atoms with E-state index in [4.69, 9.17) is 23.2 Å². The van der Waals surface area contributed by atoms with Gasteiger partial charge in [0, 0.05) is 36.2 Å². The summed E-state index contributed by atoms with van der Waals surface area (Å²) in [6, 6.07) is 11.1. The van der Waals surface area contributed by atoms with E-state index in [1.165, 1.54) is 17.0 Å². The third-order valence-electron chi connectivity index (χ3n) is 4.33. The topological polar surface area (TPSA) is 52.7 Å². The predicted octanol–water partition coefficient (Wildman–Crippen LogP) is 3.69. The molecule has 0 atom stereocenters. The molecule has 8 heteroatoms. The van der Waals surface area contributed by atoms with Gasteiger partial charge in [0.15, 0.2) is 0 Å². The predicted molar refractivity (Wildman–Crippen MR) is 102 cm³/mol. The zero-order chi connectivity index (χ0) is 19.4. The van der Waals surface area contributed by atoms with Gasteiger partial charge in [0.05, 0.1) is 0 Å². The highest BCUT2D eigenvalue weighted by Crippen LogP contribution is 2.21. The second-order valence-electron chi connectivity index (χ2n) is 6.23. The summed E-state index contributed by atoms with van der Waals surface area (Å²) >= 11 is 12.1. The van der Waals surface area contributed by atoms with Crippen molar-refractivity contribution < 1.29 is 14.0 Å². The number of nitrogens with zero attached hydrogens (tertiary/aromatic N) is 2. The standard InChI is InChI=1S/C19H18Cl2FN3O2/c20-16-4-2-1-3-13(16)10-23-18(26)12-25-8-7-24(19(25)27)11-14-5-6-15(22)9-17(14)21/h1-6,9H,7-8,10-12H2,(H,23,26). The van der Waals surface area contributed by atoms with Gasteiger partial charge < -0.3 is 15.1 Å². The van der Waals surface area contributed by atoms with Crippen molar-refractivity contribution in [3.8, 4) is 0 Å². The Balaban J connectivity index is 1.52. The lowest BCUT2D eigenvalue weighted by molar-refractivity contribution is -0.121. The third kappa shape index (κ3) is 4.90. The van der Waals surface area contributed by atoms with Gasteiger partial charge in [0.2, 0.25) is 5.91 Å². The van der Waals surface area contributed by atoms with Crippen molar-refractivity contribution in [1.82, 2.24) is 15.1 Å². The number of nitrogens with one attached hydrogen (secondary N) is 1. The fourth-order valence-corrected chi connectivity index (χ4v) is 3.28. The van der Waals surface area contributed by atoms with Crippen LogP contribution < -0.4 is 5.32 Å². The van der Waals surface area contributed by atoms with Crippen molar-refractivity contribution in [2.45, 2.75) is 13.1 Å². The Morgan fingerprint density at radius 2 is 1.78 bits per heavy atom. The van der Waals surface area contributed by atoms with Crippen molar-refractivity contribution in [2.24, 2.45) is 0 Å². The van der Waals surface area contributed by atoms with Crippen LogP contribution >= 0.6 is 23.2 Å². The Hall–Kier alpha value is -2.31. The van der Waals surface area contributed by atoms with E-state index in [0.29, 0.717) is 30.2 Å². The van der Waals surface area contributed by atoms with E-state index >= 15 is 0 Å². The summed E-state index contributed by atoms with van der Waals surface area (Å²) in [6.07, 6.45) is 0. The first-order chi connectivity index (χ1) is 12.9. The quantitative estimate of drug-likeness (QED) is 0.790. The molecule has 1 heterocycles. The van der Waals surface area contributed by atoms with Crippen LogP contribution in [-0.2, 0) is 17.9 Å². The van der Waals surface area contributed by atoms with Gasteiger partial charge in [-0.3, -0.25) is 4.79 Å². The molecule has 0 bridgehead atoms. The van der Waals surface area contributed by atoms with Crippen LogP contribution in [0.25, 0.3) is 0 Å². The van der Waals surface area contributed by atoms with E-state index in [0.717, 1.165) is 5.56 Å². The van der Waals surface area contributed by atoms with E-state index < -0.39 is 5.82 Å². The Morgan fingerprint density at radius 3 is 2.52 bits per heavy atom. The van der Waals surface area contributed by atoms with Gasteiger partial charge in [-0.1, -0.05) is 47.5 Å². The minimum atomic E-state index is -0.423. The molecule has 1 saturated heterocycles. The smallest absolute Gasteiger partial charge is 0.320 e. The number of benzene rings is 2. The van der Waals surface area contributed by atoms with Crippen LogP contribution in [0.15, 0.2) is 42.5 Å². The van der Waals surface area contributed by atoms with Crippen LogP contribution in [0.4, 0.5) is 9.18 Å². The van der Waals surface area contributed by atoms with Gasteiger partial charge in [-0.05, 0) is 29.3 Å². The molecule has 0 spiro atoms. The molecule has 27 heavy (non-hydrogen) atoms. The molecular formula is C19H18Cl2FN3O2. The molecule has 2 aromatic rings. The number of halogens is 3. The Labute approximate surface area is 166 Å². The summed E-state index contributed by atoms with van der Waals surface area (Å²) in [7, 11) is 0. The first-order valence-corrected chi connectivity index (χ1v) is 9.17. The van der Waals surface area contributed by atoms with Crippen molar-refractivity contribution in [3.63, 3.8) is 0 Å². The summed E-state index contributed by atoms with van der Waals surface area (Å²) in [4.78, 5) is 27.7. The first kappa shape index (κ1) is 19.5. The van der Waals surface area contributed by atoms with Crippen LogP contribution in [0.1, 0.15) is 11.1 Å². The van der Waals surface area contributed by atoms with Gasteiger partial charge in [0.25, 0.3) is 0 Å². The van der Waals surface area contributed by atoms with Crippen molar-refractivity contribution in [1.29, 1.82) is 0 Å². The second kappa shape index (κ2) is 8.59.